The normalized spacial score (nSPS) is 13.1. The first-order chi connectivity index (χ1) is 7.67. The Balaban J connectivity index is 2.45. The second kappa shape index (κ2) is 6.70. The third-order valence-corrected chi connectivity index (χ3v) is 3.47. The van der Waals surface area contributed by atoms with Crippen LogP contribution in [0.15, 0.2) is 24.3 Å². The molecular formula is C15H25N. The standard InChI is InChI=1S/C15H25N/c1-5-15(6-2)13(4)16-11-14-9-7-8-12(3)10-14/h7-10,13,15-16H,5-6,11H2,1-4H3. The Hall–Kier alpha value is -0.820. The van der Waals surface area contributed by atoms with Gasteiger partial charge in [-0.2, -0.15) is 0 Å². The summed E-state index contributed by atoms with van der Waals surface area (Å²) >= 11 is 0. The van der Waals surface area contributed by atoms with Crippen molar-refractivity contribution in [1.82, 2.24) is 5.32 Å². The van der Waals surface area contributed by atoms with Crippen molar-refractivity contribution in [2.24, 2.45) is 5.92 Å². The Morgan fingerprint density at radius 2 is 1.88 bits per heavy atom. The maximum Gasteiger partial charge on any atom is 0.0208 e. The zero-order valence-corrected chi connectivity index (χ0v) is 11.1. The minimum absolute atomic E-state index is 0.607. The molecule has 90 valence electrons. The minimum Gasteiger partial charge on any atom is -0.310 e. The predicted octanol–water partition coefficient (Wildman–Crippen LogP) is 3.91. The summed E-state index contributed by atoms with van der Waals surface area (Å²) in [7, 11) is 0. The lowest BCUT2D eigenvalue weighted by atomic mass is 9.95. The highest BCUT2D eigenvalue weighted by Crippen LogP contribution is 2.13. The van der Waals surface area contributed by atoms with Crippen LogP contribution < -0.4 is 5.32 Å². The van der Waals surface area contributed by atoms with E-state index in [-0.39, 0.29) is 0 Å². The van der Waals surface area contributed by atoms with Crippen LogP contribution >= 0.6 is 0 Å². The van der Waals surface area contributed by atoms with Gasteiger partial charge in [0.2, 0.25) is 0 Å². The van der Waals surface area contributed by atoms with Crippen molar-refractivity contribution in [3.8, 4) is 0 Å². The van der Waals surface area contributed by atoms with Gasteiger partial charge in [0.05, 0.1) is 0 Å². The molecular weight excluding hydrogens is 194 g/mol. The molecule has 0 aliphatic rings. The monoisotopic (exact) mass is 219 g/mol. The first-order valence-electron chi connectivity index (χ1n) is 6.46. The summed E-state index contributed by atoms with van der Waals surface area (Å²) in [6.45, 7) is 9.98. The van der Waals surface area contributed by atoms with Crippen LogP contribution in [0.25, 0.3) is 0 Å². The molecule has 1 unspecified atom stereocenters. The van der Waals surface area contributed by atoms with Gasteiger partial charge in [0.15, 0.2) is 0 Å². The van der Waals surface area contributed by atoms with Crippen molar-refractivity contribution >= 4 is 0 Å². The highest BCUT2D eigenvalue weighted by molar-refractivity contribution is 5.21. The zero-order chi connectivity index (χ0) is 12.0. The zero-order valence-electron chi connectivity index (χ0n) is 11.1. The van der Waals surface area contributed by atoms with Gasteiger partial charge < -0.3 is 5.32 Å². The average Bonchev–Trinajstić information content (AvgIpc) is 2.28. The topological polar surface area (TPSA) is 12.0 Å². The van der Waals surface area contributed by atoms with E-state index < -0.39 is 0 Å². The molecule has 0 saturated carbocycles. The van der Waals surface area contributed by atoms with Crippen molar-refractivity contribution in [2.75, 3.05) is 0 Å². The lowest BCUT2D eigenvalue weighted by Gasteiger charge is -2.22. The summed E-state index contributed by atoms with van der Waals surface area (Å²) < 4.78 is 0. The molecule has 1 atom stereocenters. The lowest BCUT2D eigenvalue weighted by molar-refractivity contribution is 0.353. The number of aryl methyl sites for hydroxylation is 1. The van der Waals surface area contributed by atoms with Crippen LogP contribution in [0, 0.1) is 12.8 Å². The van der Waals surface area contributed by atoms with E-state index in [1.165, 1.54) is 24.0 Å². The Morgan fingerprint density at radius 1 is 1.19 bits per heavy atom. The third-order valence-electron chi connectivity index (χ3n) is 3.47. The predicted molar refractivity (Wildman–Crippen MR) is 71.6 cm³/mol. The van der Waals surface area contributed by atoms with Crippen LogP contribution in [0.2, 0.25) is 0 Å². The van der Waals surface area contributed by atoms with Crippen molar-refractivity contribution in [3.63, 3.8) is 0 Å². The van der Waals surface area contributed by atoms with Gasteiger partial charge in [-0.25, -0.2) is 0 Å². The Bertz CT molecular complexity index is 302. The molecule has 0 amide bonds. The first kappa shape index (κ1) is 13.2. The largest absolute Gasteiger partial charge is 0.310 e. The molecule has 0 fully saturated rings. The van der Waals surface area contributed by atoms with Gasteiger partial charge >= 0.3 is 0 Å². The molecule has 0 spiro atoms. The SMILES string of the molecule is CCC(CC)C(C)NCc1cccc(C)c1. The molecule has 1 rings (SSSR count). The van der Waals surface area contributed by atoms with Crippen molar-refractivity contribution in [3.05, 3.63) is 35.4 Å². The third kappa shape index (κ3) is 3.97. The van der Waals surface area contributed by atoms with Gasteiger partial charge in [-0.05, 0) is 25.3 Å². The summed E-state index contributed by atoms with van der Waals surface area (Å²) in [5.74, 6) is 0.796. The number of hydrogen-bond acceptors (Lipinski definition) is 1. The van der Waals surface area contributed by atoms with Crippen LogP contribution in [0.3, 0.4) is 0 Å². The summed E-state index contributed by atoms with van der Waals surface area (Å²) in [5, 5.41) is 3.63. The van der Waals surface area contributed by atoms with E-state index in [0.29, 0.717) is 6.04 Å². The minimum atomic E-state index is 0.607. The van der Waals surface area contributed by atoms with E-state index in [1.807, 2.05) is 0 Å². The highest BCUT2D eigenvalue weighted by Gasteiger charge is 2.12. The molecule has 0 bridgehead atoms. The van der Waals surface area contributed by atoms with Crippen molar-refractivity contribution in [2.45, 2.75) is 53.1 Å². The summed E-state index contributed by atoms with van der Waals surface area (Å²) in [5.41, 5.74) is 2.73. The number of rotatable bonds is 6. The molecule has 1 aromatic carbocycles. The van der Waals surface area contributed by atoms with Crippen molar-refractivity contribution in [1.29, 1.82) is 0 Å². The van der Waals surface area contributed by atoms with Gasteiger partial charge in [-0.1, -0.05) is 56.5 Å². The van der Waals surface area contributed by atoms with Crippen molar-refractivity contribution < 1.29 is 0 Å². The Labute approximate surface area is 100 Å². The Kier molecular flexibility index (Phi) is 5.54. The molecule has 1 N–H and O–H groups in total. The maximum absolute atomic E-state index is 3.63. The average molecular weight is 219 g/mol. The van der Waals surface area contributed by atoms with E-state index in [1.54, 1.807) is 0 Å². The second-order valence-electron chi connectivity index (χ2n) is 4.74. The lowest BCUT2D eigenvalue weighted by Crippen LogP contribution is -2.32. The maximum atomic E-state index is 3.63. The fourth-order valence-corrected chi connectivity index (χ4v) is 2.26. The summed E-state index contributed by atoms with van der Waals surface area (Å²) in [6, 6.07) is 9.34. The molecule has 1 aromatic rings. The second-order valence-corrected chi connectivity index (χ2v) is 4.74. The van der Waals surface area contributed by atoms with Gasteiger partial charge in [0, 0.05) is 12.6 Å². The molecule has 1 heteroatoms. The fourth-order valence-electron chi connectivity index (χ4n) is 2.26. The smallest absolute Gasteiger partial charge is 0.0208 e. The van der Waals surface area contributed by atoms with E-state index in [2.05, 4.69) is 57.3 Å². The van der Waals surface area contributed by atoms with E-state index in [9.17, 15) is 0 Å². The molecule has 1 nitrogen and oxygen atoms in total. The highest BCUT2D eigenvalue weighted by atomic mass is 14.9. The van der Waals surface area contributed by atoms with E-state index in [4.69, 9.17) is 0 Å². The van der Waals surface area contributed by atoms with E-state index >= 15 is 0 Å². The van der Waals surface area contributed by atoms with Gasteiger partial charge in [-0.15, -0.1) is 0 Å². The van der Waals surface area contributed by atoms with Crippen LogP contribution in [0.4, 0.5) is 0 Å². The number of nitrogens with one attached hydrogen (secondary N) is 1. The van der Waals surface area contributed by atoms with Gasteiger partial charge in [0.1, 0.15) is 0 Å². The van der Waals surface area contributed by atoms with Crippen LogP contribution in [-0.2, 0) is 6.54 Å². The van der Waals surface area contributed by atoms with E-state index in [0.717, 1.165) is 12.5 Å². The number of benzene rings is 1. The molecule has 0 aliphatic carbocycles. The van der Waals surface area contributed by atoms with Crippen LogP contribution in [0.1, 0.15) is 44.7 Å². The fraction of sp³-hybridized carbons (Fsp3) is 0.600. The molecule has 0 aromatic heterocycles. The summed E-state index contributed by atoms with van der Waals surface area (Å²) in [6.07, 6.45) is 2.52. The van der Waals surface area contributed by atoms with Crippen LogP contribution in [-0.4, -0.2) is 6.04 Å². The molecule has 0 saturated heterocycles. The molecule has 0 heterocycles. The number of hydrogen-bond donors (Lipinski definition) is 1. The summed E-state index contributed by atoms with van der Waals surface area (Å²) in [4.78, 5) is 0. The van der Waals surface area contributed by atoms with Crippen LogP contribution in [0.5, 0.6) is 0 Å². The molecule has 0 radical (unpaired) electrons. The molecule has 16 heavy (non-hydrogen) atoms. The Morgan fingerprint density at radius 3 is 2.44 bits per heavy atom. The van der Waals surface area contributed by atoms with Gasteiger partial charge in [0.25, 0.3) is 0 Å². The quantitative estimate of drug-likeness (QED) is 0.765. The first-order valence-corrected chi connectivity index (χ1v) is 6.46. The molecule has 0 aliphatic heterocycles. The van der Waals surface area contributed by atoms with Gasteiger partial charge in [-0.3, -0.25) is 0 Å².